The molecule has 0 aromatic heterocycles. The van der Waals surface area contributed by atoms with Crippen molar-refractivity contribution in [3.8, 4) is 17.2 Å². The van der Waals surface area contributed by atoms with Crippen LogP contribution in [0.3, 0.4) is 0 Å². The lowest BCUT2D eigenvalue weighted by molar-refractivity contribution is -0.118. The first-order chi connectivity index (χ1) is 15.1. The quantitative estimate of drug-likeness (QED) is 0.513. The van der Waals surface area contributed by atoms with Crippen LogP contribution >= 0.6 is 11.8 Å². The van der Waals surface area contributed by atoms with Crippen molar-refractivity contribution in [2.24, 2.45) is 0 Å². The van der Waals surface area contributed by atoms with Crippen LogP contribution in [0.2, 0.25) is 0 Å². The van der Waals surface area contributed by atoms with E-state index in [1.807, 2.05) is 65.6 Å². The maximum atomic E-state index is 13.4. The van der Waals surface area contributed by atoms with E-state index in [1.165, 1.54) is 0 Å². The number of nitrogens with zero attached hydrogens (tertiary/aromatic N) is 1. The van der Waals surface area contributed by atoms with Gasteiger partial charge in [0.15, 0.2) is 11.5 Å². The Kier molecular flexibility index (Phi) is 6.37. The molecule has 1 aliphatic rings. The lowest BCUT2D eigenvalue weighted by atomic mass is 10.1. The number of methoxy groups -OCH3 is 3. The molecule has 31 heavy (non-hydrogen) atoms. The number of thioether (sulfide) groups is 1. The van der Waals surface area contributed by atoms with Crippen molar-refractivity contribution in [1.29, 1.82) is 0 Å². The monoisotopic (exact) mass is 435 g/mol. The third-order valence-corrected chi connectivity index (χ3v) is 6.65. The van der Waals surface area contributed by atoms with Crippen LogP contribution in [0.1, 0.15) is 22.8 Å². The van der Waals surface area contributed by atoms with Crippen molar-refractivity contribution in [2.75, 3.05) is 26.2 Å². The molecule has 0 bridgehead atoms. The minimum atomic E-state index is -0.0804. The number of carbonyl (C=O) groups excluding carboxylic acids is 1. The normalized spacial score (nSPS) is 15.8. The molecule has 1 amide bonds. The number of para-hydroxylation sites is 1. The zero-order chi connectivity index (χ0) is 21.8. The van der Waals surface area contributed by atoms with Crippen LogP contribution < -0.4 is 19.1 Å². The van der Waals surface area contributed by atoms with Crippen molar-refractivity contribution in [2.45, 2.75) is 23.1 Å². The summed E-state index contributed by atoms with van der Waals surface area (Å²) in [5.74, 6) is 1.80. The largest absolute Gasteiger partial charge is 0.493 e. The summed E-state index contributed by atoms with van der Waals surface area (Å²) in [5.41, 5.74) is 3.00. The Morgan fingerprint density at radius 1 is 0.903 bits per heavy atom. The van der Waals surface area contributed by atoms with Gasteiger partial charge in [-0.05, 0) is 35.4 Å². The highest BCUT2D eigenvalue weighted by Gasteiger charge is 2.30. The summed E-state index contributed by atoms with van der Waals surface area (Å²) in [5, 5.41) is -0.0804. The van der Waals surface area contributed by atoms with Gasteiger partial charge in [0, 0.05) is 16.6 Å². The van der Waals surface area contributed by atoms with Gasteiger partial charge in [-0.1, -0.05) is 42.5 Å². The third-order valence-electron chi connectivity index (χ3n) is 5.33. The highest BCUT2D eigenvalue weighted by molar-refractivity contribution is 7.99. The standard InChI is InChI=1S/C25H25NO4S/c1-28-20-13-18(14-21(29-2)25(20)30-3)23-15-24(27)26(16-17-9-5-4-6-10-17)19-11-7-8-12-22(19)31-23/h4-14,23H,15-16H2,1-3H3/t23-/m0/s1. The van der Waals surface area contributed by atoms with Gasteiger partial charge in [0.2, 0.25) is 11.7 Å². The summed E-state index contributed by atoms with van der Waals surface area (Å²) in [6.45, 7) is 0.541. The predicted molar refractivity (Wildman–Crippen MR) is 123 cm³/mol. The van der Waals surface area contributed by atoms with Gasteiger partial charge < -0.3 is 19.1 Å². The summed E-state index contributed by atoms with van der Waals surface area (Å²) >= 11 is 1.69. The van der Waals surface area contributed by atoms with E-state index in [9.17, 15) is 4.79 Å². The number of carbonyl (C=O) groups is 1. The van der Waals surface area contributed by atoms with Gasteiger partial charge in [-0.3, -0.25) is 4.79 Å². The van der Waals surface area contributed by atoms with Crippen molar-refractivity contribution in [1.82, 2.24) is 0 Å². The first-order valence-corrected chi connectivity index (χ1v) is 10.9. The maximum absolute atomic E-state index is 13.4. The molecule has 1 aliphatic heterocycles. The van der Waals surface area contributed by atoms with Gasteiger partial charge in [0.25, 0.3) is 0 Å². The highest BCUT2D eigenvalue weighted by Crippen LogP contribution is 2.49. The molecule has 3 aromatic rings. The summed E-state index contributed by atoms with van der Waals surface area (Å²) in [7, 11) is 4.79. The number of benzene rings is 3. The van der Waals surface area contributed by atoms with Crippen LogP contribution in [0.25, 0.3) is 0 Å². The summed E-state index contributed by atoms with van der Waals surface area (Å²) in [6.07, 6.45) is 0.366. The first kappa shape index (κ1) is 21.1. The molecule has 0 N–H and O–H groups in total. The summed E-state index contributed by atoms with van der Waals surface area (Å²) in [6, 6.07) is 22.0. The Bertz CT molecular complexity index is 1050. The Morgan fingerprint density at radius 3 is 2.19 bits per heavy atom. The molecule has 6 heteroatoms. The van der Waals surface area contributed by atoms with E-state index >= 15 is 0 Å². The molecule has 4 rings (SSSR count). The molecule has 1 atom stereocenters. The fourth-order valence-corrected chi connectivity index (χ4v) is 5.05. The molecule has 0 unspecified atom stereocenters. The van der Waals surface area contributed by atoms with Gasteiger partial charge in [-0.2, -0.15) is 0 Å². The van der Waals surface area contributed by atoms with Crippen LogP contribution in [-0.2, 0) is 11.3 Å². The number of fused-ring (bicyclic) bond motifs is 1. The first-order valence-electron chi connectivity index (χ1n) is 10.0. The van der Waals surface area contributed by atoms with Crippen molar-refractivity contribution >= 4 is 23.4 Å². The molecule has 0 aliphatic carbocycles. The molecule has 0 spiro atoms. The fraction of sp³-hybridized carbons (Fsp3) is 0.240. The molecule has 160 valence electrons. The number of amides is 1. The highest BCUT2D eigenvalue weighted by atomic mass is 32.2. The second-order valence-corrected chi connectivity index (χ2v) is 8.45. The number of hydrogen-bond acceptors (Lipinski definition) is 5. The van der Waals surface area contributed by atoms with E-state index in [1.54, 1.807) is 33.1 Å². The second kappa shape index (κ2) is 9.35. The summed E-state index contributed by atoms with van der Waals surface area (Å²) < 4.78 is 16.5. The minimum absolute atomic E-state index is 0.0804. The number of hydrogen-bond donors (Lipinski definition) is 0. The second-order valence-electron chi connectivity index (χ2n) is 7.20. The lowest BCUT2D eigenvalue weighted by Crippen LogP contribution is -2.30. The van der Waals surface area contributed by atoms with Crippen LogP contribution in [0.4, 0.5) is 5.69 Å². The fourth-order valence-electron chi connectivity index (χ4n) is 3.79. The van der Waals surface area contributed by atoms with Crippen molar-refractivity contribution in [3.63, 3.8) is 0 Å². The van der Waals surface area contributed by atoms with E-state index in [2.05, 4.69) is 6.07 Å². The zero-order valence-electron chi connectivity index (χ0n) is 17.8. The third kappa shape index (κ3) is 4.35. The van der Waals surface area contributed by atoms with Gasteiger partial charge in [-0.25, -0.2) is 0 Å². The number of ether oxygens (including phenoxy) is 3. The van der Waals surface area contributed by atoms with E-state index in [0.29, 0.717) is 30.2 Å². The maximum Gasteiger partial charge on any atom is 0.228 e. The van der Waals surface area contributed by atoms with Crippen molar-refractivity contribution in [3.05, 3.63) is 77.9 Å². The topological polar surface area (TPSA) is 48.0 Å². The molecular weight excluding hydrogens is 410 g/mol. The Balaban J connectivity index is 1.73. The predicted octanol–water partition coefficient (Wildman–Crippen LogP) is 5.48. The Morgan fingerprint density at radius 2 is 1.55 bits per heavy atom. The Labute approximate surface area is 186 Å². The molecular formula is C25H25NO4S. The lowest BCUT2D eigenvalue weighted by Gasteiger charge is -2.23. The number of rotatable bonds is 6. The van der Waals surface area contributed by atoms with Crippen LogP contribution in [0.5, 0.6) is 17.2 Å². The van der Waals surface area contributed by atoms with Crippen LogP contribution in [-0.4, -0.2) is 27.2 Å². The van der Waals surface area contributed by atoms with E-state index in [4.69, 9.17) is 14.2 Å². The molecule has 0 fully saturated rings. The van der Waals surface area contributed by atoms with E-state index in [0.717, 1.165) is 21.7 Å². The van der Waals surface area contributed by atoms with Crippen LogP contribution in [0, 0.1) is 0 Å². The molecule has 0 saturated carbocycles. The molecule has 3 aromatic carbocycles. The van der Waals surface area contributed by atoms with Gasteiger partial charge in [0.05, 0.1) is 33.6 Å². The Hall–Kier alpha value is -3.12. The number of anilines is 1. The molecule has 5 nitrogen and oxygen atoms in total. The van der Waals surface area contributed by atoms with Gasteiger partial charge >= 0.3 is 0 Å². The minimum Gasteiger partial charge on any atom is -0.493 e. The molecule has 1 heterocycles. The van der Waals surface area contributed by atoms with Crippen molar-refractivity contribution < 1.29 is 19.0 Å². The smallest absolute Gasteiger partial charge is 0.228 e. The summed E-state index contributed by atoms with van der Waals surface area (Å²) in [4.78, 5) is 16.4. The average Bonchev–Trinajstić information content (AvgIpc) is 2.95. The molecule has 0 radical (unpaired) electrons. The zero-order valence-corrected chi connectivity index (χ0v) is 18.6. The van der Waals surface area contributed by atoms with Crippen LogP contribution in [0.15, 0.2) is 71.6 Å². The van der Waals surface area contributed by atoms with Gasteiger partial charge in [0.1, 0.15) is 0 Å². The van der Waals surface area contributed by atoms with E-state index in [-0.39, 0.29) is 11.2 Å². The van der Waals surface area contributed by atoms with Gasteiger partial charge in [-0.15, -0.1) is 11.8 Å². The average molecular weight is 436 g/mol. The molecule has 0 saturated heterocycles. The SMILES string of the molecule is COc1cc([C@@H]2CC(=O)N(Cc3ccccc3)c3ccccc3S2)cc(OC)c1OC. The van der Waals surface area contributed by atoms with E-state index < -0.39 is 0 Å².